The van der Waals surface area contributed by atoms with Crippen LogP contribution in [0.4, 0.5) is 5.69 Å². The van der Waals surface area contributed by atoms with Crippen molar-refractivity contribution in [1.29, 1.82) is 0 Å². The van der Waals surface area contributed by atoms with Crippen LogP contribution in [-0.2, 0) is 9.59 Å². The summed E-state index contributed by atoms with van der Waals surface area (Å²) in [5, 5.41) is 0. The fourth-order valence-electron chi connectivity index (χ4n) is 2.21. The summed E-state index contributed by atoms with van der Waals surface area (Å²) in [7, 11) is 0. The van der Waals surface area contributed by atoms with Gasteiger partial charge in [0.25, 0.3) is 0 Å². The van der Waals surface area contributed by atoms with Crippen LogP contribution in [0.25, 0.3) is 0 Å². The van der Waals surface area contributed by atoms with Crippen LogP contribution < -0.4 is 4.90 Å². The van der Waals surface area contributed by atoms with Gasteiger partial charge in [-0.25, -0.2) is 0 Å². The highest BCUT2D eigenvalue weighted by molar-refractivity contribution is 5.92. The van der Waals surface area contributed by atoms with Gasteiger partial charge in [0, 0.05) is 38.7 Å². The fraction of sp³-hybridized carbons (Fsp3) is 0.500. The SMILES string of the molecule is CCN(CC)C(=O)CCN(C(C)=O)c1cccc(C)c1. The Kier molecular flexibility index (Phi) is 6.22. The Bertz CT molecular complexity index is 467. The minimum Gasteiger partial charge on any atom is -0.343 e. The number of aryl methyl sites for hydroxylation is 1. The Labute approximate surface area is 121 Å². The number of carbonyl (C=O) groups is 2. The monoisotopic (exact) mass is 276 g/mol. The number of carbonyl (C=O) groups excluding carboxylic acids is 2. The van der Waals surface area contributed by atoms with Gasteiger partial charge in [0.15, 0.2) is 0 Å². The average Bonchev–Trinajstić information content (AvgIpc) is 2.40. The standard InChI is InChI=1S/C16H24N2O2/c1-5-17(6-2)16(20)10-11-18(14(4)19)15-9-7-8-13(3)12-15/h7-9,12H,5-6,10-11H2,1-4H3. The van der Waals surface area contributed by atoms with Crippen molar-refractivity contribution in [2.24, 2.45) is 0 Å². The molecule has 0 saturated carbocycles. The quantitative estimate of drug-likeness (QED) is 0.801. The molecule has 4 heteroatoms. The van der Waals surface area contributed by atoms with E-state index in [4.69, 9.17) is 0 Å². The van der Waals surface area contributed by atoms with Gasteiger partial charge in [0.1, 0.15) is 0 Å². The highest BCUT2D eigenvalue weighted by Gasteiger charge is 2.15. The molecular weight excluding hydrogens is 252 g/mol. The zero-order valence-corrected chi connectivity index (χ0v) is 12.8. The molecule has 110 valence electrons. The Balaban J connectivity index is 2.74. The number of rotatable bonds is 6. The molecule has 4 nitrogen and oxygen atoms in total. The number of nitrogens with zero attached hydrogens (tertiary/aromatic N) is 2. The average molecular weight is 276 g/mol. The lowest BCUT2D eigenvalue weighted by Crippen LogP contribution is -2.36. The van der Waals surface area contributed by atoms with E-state index in [0.29, 0.717) is 26.1 Å². The van der Waals surface area contributed by atoms with E-state index in [2.05, 4.69) is 0 Å². The lowest BCUT2D eigenvalue weighted by atomic mass is 10.2. The first-order valence-corrected chi connectivity index (χ1v) is 7.12. The van der Waals surface area contributed by atoms with E-state index in [-0.39, 0.29) is 11.8 Å². The lowest BCUT2D eigenvalue weighted by Gasteiger charge is -2.24. The third-order valence-corrected chi connectivity index (χ3v) is 3.36. The zero-order valence-electron chi connectivity index (χ0n) is 12.8. The molecule has 0 aromatic heterocycles. The molecule has 0 fully saturated rings. The van der Waals surface area contributed by atoms with Crippen LogP contribution in [0, 0.1) is 6.92 Å². The largest absolute Gasteiger partial charge is 0.343 e. The fourth-order valence-corrected chi connectivity index (χ4v) is 2.21. The maximum atomic E-state index is 12.0. The Morgan fingerprint density at radius 3 is 2.30 bits per heavy atom. The Morgan fingerprint density at radius 1 is 1.15 bits per heavy atom. The van der Waals surface area contributed by atoms with Crippen LogP contribution in [0.2, 0.25) is 0 Å². The van der Waals surface area contributed by atoms with Crippen molar-refractivity contribution in [2.75, 3.05) is 24.5 Å². The van der Waals surface area contributed by atoms with Crippen LogP contribution in [0.1, 0.15) is 32.8 Å². The van der Waals surface area contributed by atoms with Crippen LogP contribution in [-0.4, -0.2) is 36.3 Å². The van der Waals surface area contributed by atoms with Crippen LogP contribution >= 0.6 is 0 Å². The molecule has 0 bridgehead atoms. The van der Waals surface area contributed by atoms with Crippen molar-refractivity contribution in [3.8, 4) is 0 Å². The number of hydrogen-bond acceptors (Lipinski definition) is 2. The third kappa shape index (κ3) is 4.37. The highest BCUT2D eigenvalue weighted by Crippen LogP contribution is 2.16. The van der Waals surface area contributed by atoms with Gasteiger partial charge in [-0.05, 0) is 38.5 Å². The zero-order chi connectivity index (χ0) is 15.1. The summed E-state index contributed by atoms with van der Waals surface area (Å²) in [4.78, 5) is 27.2. The van der Waals surface area contributed by atoms with Gasteiger partial charge in [-0.3, -0.25) is 9.59 Å². The molecule has 1 rings (SSSR count). The van der Waals surface area contributed by atoms with Crippen molar-refractivity contribution in [1.82, 2.24) is 4.90 Å². The van der Waals surface area contributed by atoms with Gasteiger partial charge in [-0.2, -0.15) is 0 Å². The van der Waals surface area contributed by atoms with Gasteiger partial charge < -0.3 is 9.80 Å². The number of hydrogen-bond donors (Lipinski definition) is 0. The summed E-state index contributed by atoms with van der Waals surface area (Å²) in [6, 6.07) is 7.77. The van der Waals surface area contributed by atoms with Crippen molar-refractivity contribution in [3.63, 3.8) is 0 Å². The summed E-state index contributed by atoms with van der Waals surface area (Å²) < 4.78 is 0. The predicted molar refractivity (Wildman–Crippen MR) is 81.8 cm³/mol. The second-order valence-electron chi connectivity index (χ2n) is 4.83. The minimum absolute atomic E-state index is 0.0389. The van der Waals surface area contributed by atoms with E-state index >= 15 is 0 Å². The van der Waals surface area contributed by atoms with Crippen LogP contribution in [0.15, 0.2) is 24.3 Å². The molecule has 0 atom stereocenters. The molecule has 0 heterocycles. The normalized spacial score (nSPS) is 10.2. The number of amides is 2. The van der Waals surface area contributed by atoms with E-state index < -0.39 is 0 Å². The maximum absolute atomic E-state index is 12.0. The number of anilines is 1. The topological polar surface area (TPSA) is 40.6 Å². The van der Waals surface area contributed by atoms with E-state index in [0.717, 1.165) is 11.3 Å². The van der Waals surface area contributed by atoms with Crippen molar-refractivity contribution < 1.29 is 9.59 Å². The van der Waals surface area contributed by atoms with Crippen LogP contribution in [0.5, 0.6) is 0 Å². The predicted octanol–water partition coefficient (Wildman–Crippen LogP) is 2.61. The second kappa shape index (κ2) is 7.68. The number of benzene rings is 1. The van der Waals surface area contributed by atoms with Gasteiger partial charge in [0.2, 0.25) is 11.8 Å². The molecule has 0 spiro atoms. The van der Waals surface area contributed by atoms with E-state index in [1.807, 2.05) is 45.0 Å². The molecule has 0 radical (unpaired) electrons. The molecule has 0 unspecified atom stereocenters. The molecule has 0 aliphatic rings. The van der Waals surface area contributed by atoms with E-state index in [1.54, 1.807) is 9.80 Å². The van der Waals surface area contributed by atoms with Crippen molar-refractivity contribution in [2.45, 2.75) is 34.1 Å². The molecule has 1 aromatic carbocycles. The summed E-state index contributed by atoms with van der Waals surface area (Å²) in [6.45, 7) is 9.29. The van der Waals surface area contributed by atoms with E-state index in [1.165, 1.54) is 6.92 Å². The first-order valence-electron chi connectivity index (χ1n) is 7.12. The molecule has 2 amide bonds. The van der Waals surface area contributed by atoms with Gasteiger partial charge >= 0.3 is 0 Å². The molecular formula is C16H24N2O2. The molecule has 0 saturated heterocycles. The first-order chi connectivity index (χ1) is 9.49. The third-order valence-electron chi connectivity index (χ3n) is 3.36. The smallest absolute Gasteiger partial charge is 0.224 e. The molecule has 0 aliphatic heterocycles. The molecule has 0 N–H and O–H groups in total. The lowest BCUT2D eigenvalue weighted by molar-refractivity contribution is -0.130. The van der Waals surface area contributed by atoms with Gasteiger partial charge in [0.05, 0.1) is 0 Å². The van der Waals surface area contributed by atoms with E-state index in [9.17, 15) is 9.59 Å². The summed E-state index contributed by atoms with van der Waals surface area (Å²) >= 11 is 0. The Morgan fingerprint density at radius 2 is 1.80 bits per heavy atom. The minimum atomic E-state index is -0.0389. The summed E-state index contributed by atoms with van der Waals surface area (Å²) in [5.74, 6) is 0.0526. The molecule has 20 heavy (non-hydrogen) atoms. The van der Waals surface area contributed by atoms with Crippen molar-refractivity contribution >= 4 is 17.5 Å². The van der Waals surface area contributed by atoms with Crippen molar-refractivity contribution in [3.05, 3.63) is 29.8 Å². The molecule has 0 aliphatic carbocycles. The van der Waals surface area contributed by atoms with Gasteiger partial charge in [-0.1, -0.05) is 12.1 Å². The maximum Gasteiger partial charge on any atom is 0.224 e. The van der Waals surface area contributed by atoms with Gasteiger partial charge in [-0.15, -0.1) is 0 Å². The first kappa shape index (κ1) is 16.2. The summed E-state index contributed by atoms with van der Waals surface area (Å²) in [6.07, 6.45) is 0.356. The molecule has 1 aromatic rings. The Hall–Kier alpha value is -1.84. The summed E-state index contributed by atoms with van der Waals surface area (Å²) in [5.41, 5.74) is 1.95. The highest BCUT2D eigenvalue weighted by atomic mass is 16.2. The van der Waals surface area contributed by atoms with Crippen LogP contribution in [0.3, 0.4) is 0 Å². The second-order valence-corrected chi connectivity index (χ2v) is 4.83.